The second-order valence-corrected chi connectivity index (χ2v) is 7.43. The number of amides is 2. The Morgan fingerprint density at radius 3 is 2.61 bits per heavy atom. The van der Waals surface area contributed by atoms with E-state index in [1.165, 1.54) is 0 Å². The van der Waals surface area contributed by atoms with Crippen molar-refractivity contribution >= 4 is 12.0 Å². The van der Waals surface area contributed by atoms with Gasteiger partial charge in [-0.2, -0.15) is 0 Å². The molecule has 3 heterocycles. The first-order valence-corrected chi connectivity index (χ1v) is 7.96. The molecule has 0 spiro atoms. The summed E-state index contributed by atoms with van der Waals surface area (Å²) in [6.07, 6.45) is 1.55. The Kier molecular flexibility index (Phi) is 3.61. The fourth-order valence-electron chi connectivity index (χ4n) is 3.15. The van der Waals surface area contributed by atoms with Crippen molar-refractivity contribution in [3.63, 3.8) is 0 Å². The molecule has 1 atom stereocenters. The van der Waals surface area contributed by atoms with E-state index in [9.17, 15) is 9.59 Å². The van der Waals surface area contributed by atoms with Gasteiger partial charge in [-0.3, -0.25) is 4.79 Å². The third-order valence-electron chi connectivity index (χ3n) is 4.32. The lowest BCUT2D eigenvalue weighted by Gasteiger charge is -2.40. The van der Waals surface area contributed by atoms with Gasteiger partial charge in [0.15, 0.2) is 0 Å². The third-order valence-corrected chi connectivity index (χ3v) is 4.32. The van der Waals surface area contributed by atoms with E-state index in [0.717, 1.165) is 11.5 Å². The summed E-state index contributed by atoms with van der Waals surface area (Å²) in [5.74, 6) is 1.16. The van der Waals surface area contributed by atoms with Gasteiger partial charge in [-0.15, -0.1) is 0 Å². The highest BCUT2D eigenvalue weighted by molar-refractivity contribution is 5.81. The first kappa shape index (κ1) is 15.8. The molecule has 126 valence electrons. The predicted octanol–water partition coefficient (Wildman–Crippen LogP) is 1.75. The van der Waals surface area contributed by atoms with Crippen molar-refractivity contribution in [2.24, 2.45) is 0 Å². The van der Waals surface area contributed by atoms with Crippen LogP contribution in [0.5, 0.6) is 0 Å². The lowest BCUT2D eigenvalue weighted by atomic mass is 9.99. The zero-order valence-corrected chi connectivity index (χ0v) is 14.4. The van der Waals surface area contributed by atoms with Crippen LogP contribution in [0.4, 0.5) is 4.79 Å². The number of ether oxygens (including phenoxy) is 1. The van der Waals surface area contributed by atoms with Gasteiger partial charge < -0.3 is 19.1 Å². The Morgan fingerprint density at radius 1 is 1.35 bits per heavy atom. The van der Waals surface area contributed by atoms with Gasteiger partial charge >= 0.3 is 6.09 Å². The fraction of sp³-hybridized carbons (Fsp3) is 0.688. The molecule has 7 nitrogen and oxygen atoms in total. The Bertz CT molecular complexity index is 640. The summed E-state index contributed by atoms with van der Waals surface area (Å²) < 4.78 is 7.40. The van der Waals surface area contributed by atoms with E-state index in [1.807, 2.05) is 45.5 Å². The number of hydrogen-bond donors (Lipinski definition) is 0. The monoisotopic (exact) mass is 320 g/mol. The smallest absolute Gasteiger partial charge is 0.410 e. The van der Waals surface area contributed by atoms with Crippen LogP contribution < -0.4 is 0 Å². The molecule has 1 saturated heterocycles. The molecular formula is C16H24N4O3. The minimum Gasteiger partial charge on any atom is -0.444 e. The lowest BCUT2D eigenvalue weighted by Crippen LogP contribution is -2.51. The van der Waals surface area contributed by atoms with Gasteiger partial charge in [-0.1, -0.05) is 0 Å². The normalized spacial score (nSPS) is 22.0. The zero-order valence-electron chi connectivity index (χ0n) is 14.4. The highest BCUT2D eigenvalue weighted by Crippen LogP contribution is 2.32. The minimum atomic E-state index is -0.486. The number of aromatic nitrogens is 2. The Hall–Kier alpha value is -2.05. The van der Waals surface area contributed by atoms with Crippen molar-refractivity contribution < 1.29 is 14.3 Å². The van der Waals surface area contributed by atoms with E-state index in [2.05, 4.69) is 4.98 Å². The van der Waals surface area contributed by atoms with E-state index in [-0.39, 0.29) is 24.0 Å². The van der Waals surface area contributed by atoms with Gasteiger partial charge in [-0.05, 0) is 27.7 Å². The van der Waals surface area contributed by atoms with Crippen LogP contribution in [-0.2, 0) is 16.1 Å². The maximum atomic E-state index is 12.2. The Morgan fingerprint density at radius 2 is 2.00 bits per heavy atom. The van der Waals surface area contributed by atoms with Gasteiger partial charge in [0, 0.05) is 20.1 Å². The molecule has 23 heavy (non-hydrogen) atoms. The predicted molar refractivity (Wildman–Crippen MR) is 84.0 cm³/mol. The van der Waals surface area contributed by atoms with Gasteiger partial charge in [0.2, 0.25) is 5.91 Å². The standard InChI is InChI=1S/C16H24N4O3/c1-10-14(21)18(5)9-12-6-17-13(20(10)12)11-7-19(8-11)15(22)23-16(2,3)4/h6,10-11H,7-9H2,1-5H3. The van der Waals surface area contributed by atoms with Gasteiger partial charge in [0.25, 0.3) is 0 Å². The summed E-state index contributed by atoms with van der Waals surface area (Å²) in [4.78, 5) is 32.1. The maximum absolute atomic E-state index is 12.2. The SMILES string of the molecule is CC1C(=O)N(C)Cc2cnc(C3CN(C(=O)OC(C)(C)C)C3)n21. The average molecular weight is 320 g/mol. The van der Waals surface area contributed by atoms with Crippen molar-refractivity contribution in [2.75, 3.05) is 20.1 Å². The number of likely N-dealkylation sites (tertiary alicyclic amines) is 1. The summed E-state index contributed by atoms with van der Waals surface area (Å²) in [6.45, 7) is 9.23. The number of hydrogen-bond acceptors (Lipinski definition) is 4. The molecule has 2 aliphatic rings. The first-order chi connectivity index (χ1) is 10.7. The van der Waals surface area contributed by atoms with Gasteiger partial charge in [0.1, 0.15) is 17.5 Å². The van der Waals surface area contributed by atoms with Crippen LogP contribution in [0, 0.1) is 0 Å². The molecule has 0 aliphatic carbocycles. The third kappa shape index (κ3) is 2.80. The Balaban J connectivity index is 1.70. The molecule has 1 aromatic rings. The van der Waals surface area contributed by atoms with Crippen LogP contribution in [0.1, 0.15) is 51.2 Å². The van der Waals surface area contributed by atoms with Crippen molar-refractivity contribution in [2.45, 2.75) is 51.8 Å². The van der Waals surface area contributed by atoms with Crippen LogP contribution in [0.25, 0.3) is 0 Å². The molecule has 2 amide bonds. The zero-order chi connectivity index (χ0) is 16.9. The number of likely N-dealkylation sites (N-methyl/N-ethyl adjacent to an activating group) is 1. The quantitative estimate of drug-likeness (QED) is 0.790. The lowest BCUT2D eigenvalue weighted by molar-refractivity contribution is -0.135. The summed E-state index contributed by atoms with van der Waals surface area (Å²) in [7, 11) is 1.81. The van der Waals surface area contributed by atoms with Gasteiger partial charge in [0.05, 0.1) is 24.4 Å². The summed E-state index contributed by atoms with van der Waals surface area (Å²) in [6, 6.07) is -0.239. The molecule has 2 aliphatic heterocycles. The highest BCUT2D eigenvalue weighted by Gasteiger charge is 2.39. The van der Waals surface area contributed by atoms with E-state index < -0.39 is 5.60 Å². The van der Waals surface area contributed by atoms with E-state index in [0.29, 0.717) is 19.6 Å². The molecule has 0 bridgehead atoms. The number of carbonyl (C=O) groups excluding carboxylic acids is 2. The molecule has 3 rings (SSSR count). The molecule has 1 fully saturated rings. The molecule has 7 heteroatoms. The summed E-state index contributed by atoms with van der Waals surface area (Å²) in [5.41, 5.74) is 0.561. The molecule has 0 aromatic carbocycles. The number of carbonyl (C=O) groups is 2. The van der Waals surface area contributed by atoms with Crippen LogP contribution in [0.3, 0.4) is 0 Å². The molecular weight excluding hydrogens is 296 g/mol. The van der Waals surface area contributed by atoms with Crippen molar-refractivity contribution in [1.29, 1.82) is 0 Å². The summed E-state index contributed by atoms with van der Waals surface area (Å²) >= 11 is 0. The molecule has 1 unspecified atom stereocenters. The van der Waals surface area contributed by atoms with Crippen LogP contribution in [-0.4, -0.2) is 57.1 Å². The van der Waals surface area contributed by atoms with E-state index in [4.69, 9.17) is 4.74 Å². The van der Waals surface area contributed by atoms with E-state index >= 15 is 0 Å². The largest absolute Gasteiger partial charge is 0.444 e. The van der Waals surface area contributed by atoms with Crippen molar-refractivity contribution in [1.82, 2.24) is 19.4 Å². The van der Waals surface area contributed by atoms with Gasteiger partial charge in [-0.25, -0.2) is 9.78 Å². The summed E-state index contributed by atoms with van der Waals surface area (Å²) in [5, 5.41) is 0. The molecule has 1 aromatic heterocycles. The number of nitrogens with zero attached hydrogens (tertiary/aromatic N) is 4. The molecule has 0 saturated carbocycles. The van der Waals surface area contributed by atoms with Crippen LogP contribution >= 0.6 is 0 Å². The Labute approximate surface area is 136 Å². The van der Waals surface area contributed by atoms with Crippen LogP contribution in [0.2, 0.25) is 0 Å². The van der Waals surface area contributed by atoms with Crippen molar-refractivity contribution in [3.05, 3.63) is 17.7 Å². The molecule has 0 radical (unpaired) electrons. The highest BCUT2D eigenvalue weighted by atomic mass is 16.6. The minimum absolute atomic E-state index is 0.0973. The fourth-order valence-corrected chi connectivity index (χ4v) is 3.15. The van der Waals surface area contributed by atoms with Crippen molar-refractivity contribution in [3.8, 4) is 0 Å². The van der Waals surface area contributed by atoms with Crippen LogP contribution in [0.15, 0.2) is 6.20 Å². The average Bonchev–Trinajstić information content (AvgIpc) is 2.76. The number of rotatable bonds is 1. The first-order valence-electron chi connectivity index (χ1n) is 7.96. The second kappa shape index (κ2) is 5.25. The number of fused-ring (bicyclic) bond motifs is 1. The maximum Gasteiger partial charge on any atom is 0.410 e. The second-order valence-electron chi connectivity index (χ2n) is 7.43. The van der Waals surface area contributed by atoms with E-state index in [1.54, 1.807) is 9.80 Å². The number of imidazole rings is 1. The molecule has 0 N–H and O–H groups in total. The topological polar surface area (TPSA) is 67.7 Å².